The summed E-state index contributed by atoms with van der Waals surface area (Å²) in [6.45, 7) is 15.4. The molecule has 0 saturated heterocycles. The SMILES string of the molecule is CC(C)(C)OC(=O)N[C@@H](Cc1nc2ncccc2nc1C(=O)OC(C)(C)C)C(=O)OC(C)(C)C. The summed E-state index contributed by atoms with van der Waals surface area (Å²) in [6, 6.07) is 2.13. The van der Waals surface area contributed by atoms with Gasteiger partial charge in [-0.25, -0.2) is 29.3 Å². The molecular formula is C24H34N4O6. The van der Waals surface area contributed by atoms with E-state index in [4.69, 9.17) is 14.2 Å². The number of nitrogens with one attached hydrogen (secondary N) is 1. The number of ether oxygens (including phenoxy) is 3. The second-order valence-corrected chi connectivity index (χ2v) is 10.8. The average Bonchev–Trinajstić information content (AvgIpc) is 2.62. The van der Waals surface area contributed by atoms with Crippen molar-refractivity contribution in [2.45, 2.75) is 91.6 Å². The van der Waals surface area contributed by atoms with E-state index in [2.05, 4.69) is 20.3 Å². The number of fused-ring (bicyclic) bond motifs is 1. The van der Waals surface area contributed by atoms with Gasteiger partial charge in [0.05, 0.1) is 5.69 Å². The summed E-state index contributed by atoms with van der Waals surface area (Å²) in [6.07, 6.45) is 0.537. The van der Waals surface area contributed by atoms with Crippen molar-refractivity contribution < 1.29 is 28.6 Å². The molecule has 0 fully saturated rings. The van der Waals surface area contributed by atoms with Crippen LogP contribution in [0.1, 0.15) is 78.5 Å². The summed E-state index contributed by atoms with van der Waals surface area (Å²) in [4.78, 5) is 51.4. The molecule has 1 amide bonds. The van der Waals surface area contributed by atoms with E-state index in [9.17, 15) is 14.4 Å². The topological polar surface area (TPSA) is 130 Å². The zero-order valence-corrected chi connectivity index (χ0v) is 21.3. The van der Waals surface area contributed by atoms with Crippen LogP contribution >= 0.6 is 0 Å². The molecule has 0 aliphatic rings. The van der Waals surface area contributed by atoms with Crippen LogP contribution in [0.3, 0.4) is 0 Å². The van der Waals surface area contributed by atoms with Crippen LogP contribution in [0.4, 0.5) is 4.79 Å². The van der Waals surface area contributed by atoms with Crippen LogP contribution in [-0.2, 0) is 25.4 Å². The quantitative estimate of drug-likeness (QED) is 0.508. The Balaban J connectivity index is 2.50. The summed E-state index contributed by atoms with van der Waals surface area (Å²) >= 11 is 0. The smallest absolute Gasteiger partial charge is 0.408 e. The standard InChI is InChI=1S/C24H34N4O6/c1-22(2,3)32-19(29)16(28-21(31)34-24(7,8)9)13-15-17(20(30)33-23(4,5)6)26-14-11-10-12-25-18(14)27-15/h10-12,16H,13H2,1-9H3,(H,28,31)/t16-/m0/s1. The Morgan fingerprint density at radius 1 is 0.882 bits per heavy atom. The minimum atomic E-state index is -1.20. The first-order valence-electron chi connectivity index (χ1n) is 11.0. The lowest BCUT2D eigenvalue weighted by molar-refractivity contribution is -0.157. The van der Waals surface area contributed by atoms with E-state index < -0.39 is 40.9 Å². The fraction of sp³-hybridized carbons (Fsp3) is 0.583. The Morgan fingerprint density at radius 3 is 2.03 bits per heavy atom. The highest BCUT2D eigenvalue weighted by atomic mass is 16.6. The summed E-state index contributed by atoms with van der Waals surface area (Å²) in [7, 11) is 0. The molecule has 0 spiro atoms. The van der Waals surface area contributed by atoms with Crippen LogP contribution < -0.4 is 5.32 Å². The van der Waals surface area contributed by atoms with Crippen LogP contribution in [0.2, 0.25) is 0 Å². The maximum Gasteiger partial charge on any atom is 0.408 e. The monoisotopic (exact) mass is 474 g/mol. The van der Waals surface area contributed by atoms with Crippen molar-refractivity contribution in [3.63, 3.8) is 0 Å². The van der Waals surface area contributed by atoms with Crippen LogP contribution in [0, 0.1) is 0 Å². The van der Waals surface area contributed by atoms with Gasteiger partial charge in [-0.3, -0.25) is 0 Å². The molecule has 0 radical (unpaired) electrons. The molecule has 0 aromatic carbocycles. The number of nitrogens with zero attached hydrogens (tertiary/aromatic N) is 3. The summed E-state index contributed by atoms with van der Waals surface area (Å²) in [5.41, 5.74) is -1.64. The van der Waals surface area contributed by atoms with E-state index in [1.165, 1.54) is 6.20 Å². The molecule has 34 heavy (non-hydrogen) atoms. The first-order valence-corrected chi connectivity index (χ1v) is 11.0. The first kappa shape index (κ1) is 26.9. The van der Waals surface area contributed by atoms with Crippen LogP contribution in [0.25, 0.3) is 11.2 Å². The molecule has 0 unspecified atom stereocenters. The maximum atomic E-state index is 13.0. The lowest BCUT2D eigenvalue weighted by Crippen LogP contribution is -2.47. The van der Waals surface area contributed by atoms with Crippen molar-refractivity contribution in [3.05, 3.63) is 29.7 Å². The van der Waals surface area contributed by atoms with E-state index in [1.807, 2.05) is 0 Å². The second-order valence-electron chi connectivity index (χ2n) is 10.8. The lowest BCUT2D eigenvalue weighted by atomic mass is 10.1. The maximum absolute atomic E-state index is 13.0. The third kappa shape index (κ3) is 8.57. The van der Waals surface area contributed by atoms with Gasteiger partial charge in [-0.2, -0.15) is 0 Å². The second kappa shape index (κ2) is 9.90. The summed E-state index contributed by atoms with van der Waals surface area (Å²) in [5, 5.41) is 2.53. The van der Waals surface area contributed by atoms with Gasteiger partial charge in [0.25, 0.3) is 0 Å². The normalized spacial score (nSPS) is 13.2. The molecule has 10 heteroatoms. The van der Waals surface area contributed by atoms with Gasteiger partial charge in [0.2, 0.25) is 0 Å². The van der Waals surface area contributed by atoms with Crippen LogP contribution in [0.5, 0.6) is 0 Å². The molecule has 0 aliphatic heterocycles. The molecule has 186 valence electrons. The fourth-order valence-electron chi connectivity index (χ4n) is 2.77. The minimum absolute atomic E-state index is 0.0741. The Kier molecular flexibility index (Phi) is 7.85. The number of alkyl carbamates (subject to hydrolysis) is 1. The van der Waals surface area contributed by atoms with E-state index >= 15 is 0 Å². The minimum Gasteiger partial charge on any atom is -0.458 e. The molecule has 0 aliphatic carbocycles. The van der Waals surface area contributed by atoms with Crippen molar-refractivity contribution in [1.29, 1.82) is 0 Å². The van der Waals surface area contributed by atoms with Crippen molar-refractivity contribution in [2.24, 2.45) is 0 Å². The zero-order valence-electron chi connectivity index (χ0n) is 21.3. The number of carbonyl (C=O) groups excluding carboxylic acids is 3. The number of rotatable bonds is 5. The van der Waals surface area contributed by atoms with E-state index in [1.54, 1.807) is 74.4 Å². The van der Waals surface area contributed by atoms with E-state index in [0.29, 0.717) is 5.52 Å². The van der Waals surface area contributed by atoms with Gasteiger partial charge in [-0.1, -0.05) is 0 Å². The van der Waals surface area contributed by atoms with Crippen molar-refractivity contribution in [1.82, 2.24) is 20.3 Å². The van der Waals surface area contributed by atoms with Gasteiger partial charge < -0.3 is 19.5 Å². The molecule has 2 aromatic heterocycles. The van der Waals surface area contributed by atoms with E-state index in [-0.39, 0.29) is 23.5 Å². The molecule has 2 aromatic rings. The van der Waals surface area contributed by atoms with Crippen molar-refractivity contribution >= 4 is 29.2 Å². The largest absolute Gasteiger partial charge is 0.458 e. The van der Waals surface area contributed by atoms with Gasteiger partial charge >= 0.3 is 18.0 Å². The van der Waals surface area contributed by atoms with E-state index in [0.717, 1.165) is 0 Å². The number of hydrogen-bond acceptors (Lipinski definition) is 9. The number of esters is 2. The third-order valence-electron chi connectivity index (χ3n) is 3.88. The average molecular weight is 475 g/mol. The van der Waals surface area contributed by atoms with Crippen LogP contribution in [0.15, 0.2) is 18.3 Å². The van der Waals surface area contributed by atoms with Gasteiger partial charge in [-0.15, -0.1) is 0 Å². The Bertz CT molecular complexity index is 1060. The number of carbonyl (C=O) groups is 3. The summed E-state index contributed by atoms with van der Waals surface area (Å²) < 4.78 is 16.3. The molecule has 2 heterocycles. The van der Waals surface area contributed by atoms with Crippen molar-refractivity contribution in [2.75, 3.05) is 0 Å². The van der Waals surface area contributed by atoms with Gasteiger partial charge in [0.1, 0.15) is 28.4 Å². The molecule has 10 nitrogen and oxygen atoms in total. The molecule has 1 atom stereocenters. The Labute approximate surface area is 199 Å². The highest BCUT2D eigenvalue weighted by Gasteiger charge is 2.32. The predicted octanol–water partition coefficient (Wildman–Crippen LogP) is 3.76. The van der Waals surface area contributed by atoms with Gasteiger partial charge in [0, 0.05) is 12.6 Å². The van der Waals surface area contributed by atoms with Gasteiger partial charge in [-0.05, 0) is 74.4 Å². The number of aromatic nitrogens is 3. The molecule has 0 saturated carbocycles. The van der Waals surface area contributed by atoms with Crippen LogP contribution in [-0.4, -0.2) is 55.8 Å². The highest BCUT2D eigenvalue weighted by Crippen LogP contribution is 2.19. The Morgan fingerprint density at radius 2 is 1.47 bits per heavy atom. The Hall–Kier alpha value is -3.30. The number of amides is 1. The van der Waals surface area contributed by atoms with Gasteiger partial charge in [0.15, 0.2) is 11.3 Å². The zero-order chi connectivity index (χ0) is 25.9. The first-order chi connectivity index (χ1) is 15.4. The molecule has 2 rings (SSSR count). The lowest BCUT2D eigenvalue weighted by Gasteiger charge is -2.26. The third-order valence-corrected chi connectivity index (χ3v) is 3.88. The molecule has 1 N–H and O–H groups in total. The number of hydrogen-bond donors (Lipinski definition) is 1. The molecule has 0 bridgehead atoms. The van der Waals surface area contributed by atoms with Crippen molar-refractivity contribution in [3.8, 4) is 0 Å². The highest BCUT2D eigenvalue weighted by molar-refractivity contribution is 5.91. The predicted molar refractivity (Wildman–Crippen MR) is 125 cm³/mol. The number of pyridine rings is 1. The fourth-order valence-corrected chi connectivity index (χ4v) is 2.77. The summed E-state index contributed by atoms with van der Waals surface area (Å²) in [5.74, 6) is -1.42. The molecular weight excluding hydrogens is 440 g/mol.